The fraction of sp³-hybridized carbons (Fsp3) is 0.0455. The normalized spacial score (nSPS) is 11.4. The number of nitrogens with zero attached hydrogens (tertiary/aromatic N) is 4. The van der Waals surface area contributed by atoms with Crippen molar-refractivity contribution in [3.05, 3.63) is 146 Å². The van der Waals surface area contributed by atoms with Gasteiger partial charge in [-0.05, 0) is 78.9 Å². The largest absolute Gasteiger partial charge is 0.497 e. The molecule has 0 saturated heterocycles. The smallest absolute Gasteiger partial charge is 0.118 e. The zero-order chi connectivity index (χ0) is 33.6. The van der Waals surface area contributed by atoms with Crippen molar-refractivity contribution >= 4 is 43.6 Å². The second kappa shape index (κ2) is 12.1. The number of benzene rings is 5. The summed E-state index contributed by atoms with van der Waals surface area (Å²) < 4.78 is 10.7. The van der Waals surface area contributed by atoms with E-state index in [9.17, 15) is 0 Å². The van der Waals surface area contributed by atoms with Crippen molar-refractivity contribution in [2.24, 2.45) is 0 Å². The van der Waals surface area contributed by atoms with Crippen LogP contribution in [0.25, 0.3) is 88.6 Å². The fourth-order valence-electron chi connectivity index (χ4n) is 6.54. The first kappa shape index (κ1) is 29.5. The number of pyridine rings is 4. The first-order valence-corrected chi connectivity index (χ1v) is 16.4. The van der Waals surface area contributed by atoms with Gasteiger partial charge in [-0.3, -0.25) is 0 Å². The Balaban J connectivity index is 1.11. The summed E-state index contributed by atoms with van der Waals surface area (Å²) in [6, 6.07) is 49.5. The van der Waals surface area contributed by atoms with Crippen LogP contribution in [0, 0.1) is 0 Å². The third kappa shape index (κ3) is 5.24. The highest BCUT2D eigenvalue weighted by Crippen LogP contribution is 2.33. The lowest BCUT2D eigenvalue weighted by Crippen LogP contribution is -1.92. The molecule has 5 aromatic carbocycles. The summed E-state index contributed by atoms with van der Waals surface area (Å²) in [5.41, 5.74) is 11.1. The van der Waals surface area contributed by atoms with E-state index in [-0.39, 0.29) is 0 Å². The molecule has 6 nitrogen and oxygen atoms in total. The summed E-state index contributed by atoms with van der Waals surface area (Å²) in [5.74, 6) is 1.63. The minimum atomic E-state index is 0.816. The molecule has 4 heterocycles. The Morgan fingerprint density at radius 2 is 0.620 bits per heavy atom. The number of aromatic nitrogens is 4. The highest BCUT2D eigenvalue weighted by atomic mass is 16.5. The van der Waals surface area contributed by atoms with Crippen molar-refractivity contribution < 1.29 is 9.47 Å². The molecule has 0 aliphatic carbocycles. The molecule has 0 spiro atoms. The number of ether oxygens (including phenoxy) is 2. The van der Waals surface area contributed by atoms with Gasteiger partial charge in [-0.1, -0.05) is 66.7 Å². The molecule has 0 unspecified atom stereocenters. The monoisotopic (exact) mass is 646 g/mol. The van der Waals surface area contributed by atoms with Crippen LogP contribution in [0.3, 0.4) is 0 Å². The van der Waals surface area contributed by atoms with Crippen molar-refractivity contribution in [1.29, 1.82) is 0 Å². The quantitative estimate of drug-likeness (QED) is 0.167. The van der Waals surface area contributed by atoms with E-state index in [0.717, 1.165) is 100 Å². The Morgan fingerprint density at radius 3 is 0.940 bits per heavy atom. The maximum Gasteiger partial charge on any atom is 0.118 e. The van der Waals surface area contributed by atoms with E-state index in [1.54, 1.807) is 14.2 Å². The molecule has 0 fully saturated rings. The summed E-state index contributed by atoms with van der Waals surface area (Å²) in [7, 11) is 3.34. The number of rotatable bonds is 6. The van der Waals surface area contributed by atoms with Gasteiger partial charge >= 0.3 is 0 Å². The molecule has 0 radical (unpaired) electrons. The molecule has 9 aromatic rings. The predicted molar refractivity (Wildman–Crippen MR) is 202 cm³/mol. The predicted octanol–water partition coefficient (Wildman–Crippen LogP) is 10.6. The number of methoxy groups -OCH3 is 2. The fourth-order valence-corrected chi connectivity index (χ4v) is 6.54. The molecule has 9 rings (SSSR count). The molecule has 50 heavy (non-hydrogen) atoms. The zero-order valence-electron chi connectivity index (χ0n) is 27.5. The van der Waals surface area contributed by atoms with Gasteiger partial charge in [0.25, 0.3) is 0 Å². The van der Waals surface area contributed by atoms with E-state index in [4.69, 9.17) is 29.4 Å². The van der Waals surface area contributed by atoms with Gasteiger partial charge in [0, 0.05) is 43.8 Å². The summed E-state index contributed by atoms with van der Waals surface area (Å²) >= 11 is 0. The van der Waals surface area contributed by atoms with E-state index in [2.05, 4.69) is 97.1 Å². The Labute approximate surface area is 288 Å². The van der Waals surface area contributed by atoms with Crippen molar-refractivity contribution in [2.75, 3.05) is 14.2 Å². The van der Waals surface area contributed by atoms with E-state index < -0.39 is 0 Å². The number of hydrogen-bond donors (Lipinski definition) is 0. The van der Waals surface area contributed by atoms with Gasteiger partial charge in [-0.2, -0.15) is 0 Å². The Bertz CT molecular complexity index is 2540. The van der Waals surface area contributed by atoms with Crippen LogP contribution in [0.4, 0.5) is 0 Å². The first-order valence-electron chi connectivity index (χ1n) is 16.4. The van der Waals surface area contributed by atoms with Crippen LogP contribution in [-0.2, 0) is 0 Å². The minimum Gasteiger partial charge on any atom is -0.497 e. The topological polar surface area (TPSA) is 70.0 Å². The second-order valence-electron chi connectivity index (χ2n) is 12.2. The summed E-state index contributed by atoms with van der Waals surface area (Å²) in [4.78, 5) is 20.6. The number of fused-ring (bicyclic) bond motifs is 6. The van der Waals surface area contributed by atoms with E-state index in [0.29, 0.717) is 0 Å². The lowest BCUT2D eigenvalue weighted by atomic mass is 10.0. The van der Waals surface area contributed by atoms with Crippen LogP contribution >= 0.6 is 0 Å². The number of hydrogen-bond acceptors (Lipinski definition) is 6. The van der Waals surface area contributed by atoms with Gasteiger partial charge in [0.05, 0.1) is 59.1 Å². The molecule has 0 N–H and O–H groups in total. The average Bonchev–Trinajstić information content (AvgIpc) is 3.20. The first-order chi connectivity index (χ1) is 24.6. The van der Waals surface area contributed by atoms with Crippen LogP contribution in [0.1, 0.15) is 0 Å². The summed E-state index contributed by atoms with van der Waals surface area (Å²) in [5, 5.41) is 4.18. The van der Waals surface area contributed by atoms with E-state index >= 15 is 0 Å². The van der Waals surface area contributed by atoms with Gasteiger partial charge in [-0.25, -0.2) is 19.9 Å². The van der Waals surface area contributed by atoms with Crippen LogP contribution in [0.5, 0.6) is 11.5 Å². The standard InChI is InChI=1S/C44H30N4O2/c1-49-35-18-10-27(11-19-35)37-22-14-29-6-8-31-16-24-39(47-43(31)41(29)45-37)33-4-3-5-34(26-33)40-25-17-32-9-7-30-15-23-38(46-42(30)44(32)48-40)28-12-20-36(50-2)21-13-28/h3-26H,1-2H3. The van der Waals surface area contributed by atoms with Crippen LogP contribution in [0.15, 0.2) is 146 Å². The third-order valence-corrected chi connectivity index (χ3v) is 9.26. The van der Waals surface area contributed by atoms with Gasteiger partial charge in [0.2, 0.25) is 0 Å². The third-order valence-electron chi connectivity index (χ3n) is 9.26. The SMILES string of the molecule is COc1ccc(-c2ccc3ccc4ccc(-c5cccc(-c6ccc7ccc8ccc(-c9ccc(OC)cc9)nc8c7n6)c5)nc4c3n2)cc1. The van der Waals surface area contributed by atoms with E-state index in [1.165, 1.54) is 0 Å². The molecular weight excluding hydrogens is 617 g/mol. The second-order valence-corrected chi connectivity index (χ2v) is 12.2. The Morgan fingerprint density at radius 1 is 0.320 bits per heavy atom. The molecule has 6 heteroatoms. The van der Waals surface area contributed by atoms with Crippen molar-refractivity contribution in [3.8, 4) is 56.5 Å². The van der Waals surface area contributed by atoms with Crippen molar-refractivity contribution in [2.45, 2.75) is 0 Å². The highest BCUT2D eigenvalue weighted by Gasteiger charge is 2.12. The summed E-state index contributed by atoms with van der Waals surface area (Å²) in [6.45, 7) is 0. The molecule has 0 saturated carbocycles. The van der Waals surface area contributed by atoms with Crippen LogP contribution in [-0.4, -0.2) is 34.2 Å². The van der Waals surface area contributed by atoms with Gasteiger partial charge < -0.3 is 9.47 Å². The molecule has 0 atom stereocenters. The molecular formula is C44H30N4O2. The molecule has 0 amide bonds. The summed E-state index contributed by atoms with van der Waals surface area (Å²) in [6.07, 6.45) is 0. The Hall–Kier alpha value is -6.66. The van der Waals surface area contributed by atoms with Gasteiger partial charge in [0.15, 0.2) is 0 Å². The molecule has 0 aliphatic heterocycles. The van der Waals surface area contributed by atoms with Gasteiger partial charge in [0.1, 0.15) is 11.5 Å². The maximum atomic E-state index is 5.35. The van der Waals surface area contributed by atoms with Crippen LogP contribution in [0.2, 0.25) is 0 Å². The van der Waals surface area contributed by atoms with Crippen LogP contribution < -0.4 is 9.47 Å². The van der Waals surface area contributed by atoms with Crippen molar-refractivity contribution in [1.82, 2.24) is 19.9 Å². The molecule has 0 aliphatic rings. The molecule has 238 valence electrons. The van der Waals surface area contributed by atoms with E-state index in [1.807, 2.05) is 48.5 Å². The lowest BCUT2D eigenvalue weighted by Gasteiger charge is -2.10. The molecule has 4 aromatic heterocycles. The van der Waals surface area contributed by atoms with Gasteiger partial charge in [-0.15, -0.1) is 0 Å². The average molecular weight is 647 g/mol. The zero-order valence-corrected chi connectivity index (χ0v) is 27.5. The van der Waals surface area contributed by atoms with Crippen molar-refractivity contribution in [3.63, 3.8) is 0 Å². The lowest BCUT2D eigenvalue weighted by molar-refractivity contribution is 0.415. The Kier molecular flexibility index (Phi) is 7.13. The minimum absolute atomic E-state index is 0.816. The molecule has 0 bridgehead atoms. The highest BCUT2D eigenvalue weighted by molar-refractivity contribution is 6.05. The maximum absolute atomic E-state index is 5.35.